The van der Waals surface area contributed by atoms with Gasteiger partial charge in [0.25, 0.3) is 0 Å². The van der Waals surface area contributed by atoms with Crippen LogP contribution in [0.4, 0.5) is 5.82 Å². The standard InChI is InChI=1S/C17H29N3/c1-12-8-14(9-13(2)18)10-19-16(12)20-7-6-15(11-20)17(3,4)5/h8,10,13,15H,6-7,9,11,18H2,1-5H3. The van der Waals surface area contributed by atoms with E-state index < -0.39 is 0 Å². The second kappa shape index (κ2) is 5.72. The summed E-state index contributed by atoms with van der Waals surface area (Å²) in [6.45, 7) is 13.5. The lowest BCUT2D eigenvalue weighted by atomic mass is 9.80. The summed E-state index contributed by atoms with van der Waals surface area (Å²) in [6, 6.07) is 2.44. The molecule has 2 heterocycles. The third-order valence-corrected chi connectivity index (χ3v) is 4.38. The molecule has 3 nitrogen and oxygen atoms in total. The summed E-state index contributed by atoms with van der Waals surface area (Å²) in [4.78, 5) is 7.15. The Labute approximate surface area is 123 Å². The van der Waals surface area contributed by atoms with Gasteiger partial charge in [-0.05, 0) is 49.1 Å². The zero-order valence-corrected chi connectivity index (χ0v) is 13.6. The van der Waals surface area contributed by atoms with Gasteiger partial charge in [0.15, 0.2) is 0 Å². The van der Waals surface area contributed by atoms with Gasteiger partial charge in [0.2, 0.25) is 0 Å². The van der Waals surface area contributed by atoms with Crippen molar-refractivity contribution in [2.24, 2.45) is 17.1 Å². The van der Waals surface area contributed by atoms with Crippen molar-refractivity contribution in [1.82, 2.24) is 4.98 Å². The second-order valence-corrected chi connectivity index (χ2v) is 7.46. The van der Waals surface area contributed by atoms with Gasteiger partial charge in [-0.2, -0.15) is 0 Å². The smallest absolute Gasteiger partial charge is 0.131 e. The van der Waals surface area contributed by atoms with Crippen LogP contribution in [0.25, 0.3) is 0 Å². The minimum absolute atomic E-state index is 0.194. The van der Waals surface area contributed by atoms with Crippen molar-refractivity contribution in [1.29, 1.82) is 0 Å². The molecule has 112 valence electrons. The largest absolute Gasteiger partial charge is 0.356 e. The Kier molecular flexibility index (Phi) is 4.38. The van der Waals surface area contributed by atoms with Crippen molar-refractivity contribution in [3.63, 3.8) is 0 Å². The SMILES string of the molecule is Cc1cc(CC(C)N)cnc1N1CCC(C(C)(C)C)C1. The van der Waals surface area contributed by atoms with E-state index in [1.807, 2.05) is 13.1 Å². The summed E-state index contributed by atoms with van der Waals surface area (Å²) < 4.78 is 0. The van der Waals surface area contributed by atoms with Crippen LogP contribution in [0, 0.1) is 18.3 Å². The first-order valence-corrected chi connectivity index (χ1v) is 7.73. The summed E-state index contributed by atoms with van der Waals surface area (Å²) in [5, 5.41) is 0. The number of hydrogen-bond acceptors (Lipinski definition) is 3. The van der Waals surface area contributed by atoms with Crippen LogP contribution in [0.2, 0.25) is 0 Å². The number of pyridine rings is 1. The maximum Gasteiger partial charge on any atom is 0.131 e. The molecule has 0 bridgehead atoms. The van der Waals surface area contributed by atoms with Crippen molar-refractivity contribution in [3.8, 4) is 0 Å². The topological polar surface area (TPSA) is 42.1 Å². The average molecular weight is 275 g/mol. The van der Waals surface area contributed by atoms with Crippen molar-refractivity contribution >= 4 is 5.82 Å². The molecule has 1 aliphatic rings. The molecule has 20 heavy (non-hydrogen) atoms. The van der Waals surface area contributed by atoms with E-state index in [1.165, 1.54) is 17.5 Å². The predicted molar refractivity (Wildman–Crippen MR) is 86.1 cm³/mol. The molecule has 1 aromatic rings. The molecule has 0 amide bonds. The summed E-state index contributed by atoms with van der Waals surface area (Å²) >= 11 is 0. The van der Waals surface area contributed by atoms with E-state index in [0.717, 1.165) is 31.2 Å². The quantitative estimate of drug-likeness (QED) is 0.921. The van der Waals surface area contributed by atoms with E-state index in [2.05, 4.69) is 38.7 Å². The molecular weight excluding hydrogens is 246 g/mol. The lowest BCUT2D eigenvalue weighted by molar-refractivity contribution is 0.263. The first-order chi connectivity index (χ1) is 9.27. The summed E-state index contributed by atoms with van der Waals surface area (Å²) in [5.74, 6) is 1.91. The van der Waals surface area contributed by atoms with Crippen LogP contribution in [-0.2, 0) is 6.42 Å². The third-order valence-electron chi connectivity index (χ3n) is 4.38. The van der Waals surface area contributed by atoms with Gasteiger partial charge in [-0.1, -0.05) is 26.8 Å². The van der Waals surface area contributed by atoms with Gasteiger partial charge in [0.1, 0.15) is 5.82 Å². The van der Waals surface area contributed by atoms with E-state index in [-0.39, 0.29) is 6.04 Å². The molecule has 1 aliphatic heterocycles. The summed E-state index contributed by atoms with van der Waals surface area (Å²) in [5.41, 5.74) is 8.77. The van der Waals surface area contributed by atoms with E-state index in [4.69, 9.17) is 10.7 Å². The van der Waals surface area contributed by atoms with Crippen LogP contribution in [-0.4, -0.2) is 24.1 Å². The van der Waals surface area contributed by atoms with Crippen LogP contribution in [0.1, 0.15) is 45.2 Å². The van der Waals surface area contributed by atoms with Crippen LogP contribution in [0.5, 0.6) is 0 Å². The highest BCUT2D eigenvalue weighted by Crippen LogP contribution is 2.35. The van der Waals surface area contributed by atoms with Gasteiger partial charge < -0.3 is 10.6 Å². The Morgan fingerprint density at radius 3 is 2.65 bits per heavy atom. The van der Waals surface area contributed by atoms with Crippen LogP contribution in [0.15, 0.2) is 12.3 Å². The summed E-state index contributed by atoms with van der Waals surface area (Å²) in [6.07, 6.45) is 4.17. The number of nitrogens with two attached hydrogens (primary N) is 1. The van der Waals surface area contributed by atoms with E-state index in [9.17, 15) is 0 Å². The fourth-order valence-corrected chi connectivity index (χ4v) is 3.10. The maximum absolute atomic E-state index is 5.86. The molecule has 3 heteroatoms. The van der Waals surface area contributed by atoms with Gasteiger partial charge in [0.05, 0.1) is 0 Å². The van der Waals surface area contributed by atoms with E-state index in [0.29, 0.717) is 5.41 Å². The van der Waals surface area contributed by atoms with E-state index >= 15 is 0 Å². The lowest BCUT2D eigenvalue weighted by Crippen LogP contribution is -2.27. The molecule has 1 fully saturated rings. The average Bonchev–Trinajstić information content (AvgIpc) is 2.77. The van der Waals surface area contributed by atoms with Gasteiger partial charge in [-0.3, -0.25) is 0 Å². The number of aromatic nitrogens is 1. The molecule has 2 unspecified atom stereocenters. The zero-order valence-electron chi connectivity index (χ0n) is 13.6. The van der Waals surface area contributed by atoms with Gasteiger partial charge in [0, 0.05) is 25.3 Å². The Bertz CT molecular complexity index is 460. The van der Waals surface area contributed by atoms with Crippen molar-refractivity contribution in [2.45, 2.75) is 53.5 Å². The molecule has 0 aromatic carbocycles. The Morgan fingerprint density at radius 1 is 1.45 bits per heavy atom. The fourth-order valence-electron chi connectivity index (χ4n) is 3.10. The molecule has 0 saturated carbocycles. The second-order valence-electron chi connectivity index (χ2n) is 7.46. The number of aryl methyl sites for hydroxylation is 1. The van der Waals surface area contributed by atoms with Gasteiger partial charge in [-0.15, -0.1) is 0 Å². The van der Waals surface area contributed by atoms with Gasteiger partial charge >= 0.3 is 0 Å². The third kappa shape index (κ3) is 3.51. The van der Waals surface area contributed by atoms with Crippen LogP contribution in [0.3, 0.4) is 0 Å². The molecule has 1 saturated heterocycles. The molecule has 0 spiro atoms. The van der Waals surface area contributed by atoms with Gasteiger partial charge in [-0.25, -0.2) is 4.98 Å². The zero-order chi connectivity index (χ0) is 14.9. The first kappa shape index (κ1) is 15.3. The van der Waals surface area contributed by atoms with Crippen LogP contribution < -0.4 is 10.6 Å². The Hall–Kier alpha value is -1.09. The monoisotopic (exact) mass is 275 g/mol. The Balaban J connectivity index is 2.11. The van der Waals surface area contributed by atoms with Crippen molar-refractivity contribution in [3.05, 3.63) is 23.4 Å². The number of nitrogens with zero attached hydrogens (tertiary/aromatic N) is 2. The number of hydrogen-bond donors (Lipinski definition) is 1. The van der Waals surface area contributed by atoms with E-state index in [1.54, 1.807) is 0 Å². The first-order valence-electron chi connectivity index (χ1n) is 7.73. The molecular formula is C17H29N3. The number of anilines is 1. The fraction of sp³-hybridized carbons (Fsp3) is 0.706. The summed E-state index contributed by atoms with van der Waals surface area (Å²) in [7, 11) is 0. The highest BCUT2D eigenvalue weighted by Gasteiger charge is 2.32. The molecule has 2 rings (SSSR count). The maximum atomic E-state index is 5.86. The molecule has 0 aliphatic carbocycles. The number of rotatable bonds is 3. The molecule has 0 radical (unpaired) electrons. The predicted octanol–water partition coefficient (Wildman–Crippen LogP) is 3.15. The normalized spacial score (nSPS) is 21.3. The van der Waals surface area contributed by atoms with Crippen LogP contribution >= 0.6 is 0 Å². The minimum Gasteiger partial charge on any atom is -0.356 e. The highest BCUT2D eigenvalue weighted by atomic mass is 15.2. The minimum atomic E-state index is 0.194. The van der Waals surface area contributed by atoms with Crippen molar-refractivity contribution < 1.29 is 0 Å². The molecule has 2 atom stereocenters. The van der Waals surface area contributed by atoms with Crippen molar-refractivity contribution in [2.75, 3.05) is 18.0 Å². The molecule has 1 aromatic heterocycles. The Morgan fingerprint density at radius 2 is 2.15 bits per heavy atom. The highest BCUT2D eigenvalue weighted by molar-refractivity contribution is 5.48. The lowest BCUT2D eigenvalue weighted by Gasteiger charge is -2.27. The molecule has 2 N–H and O–H groups in total.